The molecule has 0 aliphatic rings. The van der Waals surface area contributed by atoms with E-state index in [0.717, 1.165) is 110 Å². The Balaban J connectivity index is 0.916. The van der Waals surface area contributed by atoms with Gasteiger partial charge in [-0.1, -0.05) is 137 Å². The van der Waals surface area contributed by atoms with Crippen molar-refractivity contribution >= 4 is 109 Å². The molecule has 84 heavy (non-hydrogen) atoms. The minimum absolute atomic E-state index is 0.234. The average Bonchev–Trinajstić information content (AvgIpc) is 4.56. The first kappa shape index (κ1) is 57.3. The summed E-state index contributed by atoms with van der Waals surface area (Å²) in [5.74, 6) is -1.19. The summed E-state index contributed by atoms with van der Waals surface area (Å²) in [7, 11) is 0. The maximum absolute atomic E-state index is 11.9. The Hall–Kier alpha value is -8.56. The van der Waals surface area contributed by atoms with Crippen LogP contribution in [-0.4, -0.2) is 11.1 Å². The number of carboxylic acids is 1. The van der Waals surface area contributed by atoms with Gasteiger partial charge in [0.15, 0.2) is 0 Å². The zero-order valence-corrected chi connectivity index (χ0v) is 50.6. The molecule has 418 valence electrons. The van der Waals surface area contributed by atoms with Crippen LogP contribution in [0.2, 0.25) is 0 Å². The van der Waals surface area contributed by atoms with Crippen LogP contribution in [0.25, 0.3) is 45.8 Å². The fourth-order valence-electron chi connectivity index (χ4n) is 10.7. The van der Waals surface area contributed by atoms with E-state index in [1.807, 2.05) is 28.7 Å². The first-order valence-electron chi connectivity index (χ1n) is 29.1. The number of hydrogen-bond acceptors (Lipinski definition) is 9. The third-order valence-corrected chi connectivity index (χ3v) is 20.1. The highest BCUT2D eigenvalue weighted by atomic mass is 32.1. The summed E-state index contributed by atoms with van der Waals surface area (Å²) < 4.78 is 0. The molecule has 0 saturated heterocycles. The lowest BCUT2D eigenvalue weighted by atomic mass is 10.0. The van der Waals surface area contributed by atoms with Crippen LogP contribution >= 0.6 is 45.3 Å². The predicted octanol–water partition coefficient (Wildman–Crippen LogP) is 23.2. The third kappa shape index (κ3) is 13.4. The molecule has 4 aromatic heterocycles. The number of rotatable bonds is 25. The molecule has 0 aliphatic heterocycles. The molecule has 11 rings (SSSR count). The second kappa shape index (κ2) is 27.7. The molecular weight excluding hydrogens is 1110 g/mol. The number of hydrogen-bond donors (Lipinski definition) is 1. The molecule has 0 fully saturated rings. The standard InChI is InChI=1S/C74H66N4O2S4/c1-3-5-7-13-23-54-49-71(83-70(54)51-56(52-75)74(79)80)68-47-45-66(81-68)67-46-48-69(82-67)72-50-55(24-14-8-6-4-2)73(84-72)53-33-35-61(36-34-53)78(64-41-37-62(38-42-64)76(57-25-15-9-16-26-57)58-27-17-10-18-28-58)65-43-39-63(40-44-65)77(59-29-19-11-20-30-59)60-31-21-12-22-32-60/h9-12,15-22,25-51H,3-8,13-14,23-24H2,1-2H3,(H,79,80)/b56-51+. The first-order chi connectivity index (χ1) is 41.3. The number of nitriles is 1. The molecule has 7 aromatic carbocycles. The van der Waals surface area contributed by atoms with Crippen molar-refractivity contribution in [1.82, 2.24) is 0 Å². The number of carbonyl (C=O) groups is 1. The lowest BCUT2D eigenvalue weighted by Gasteiger charge is -2.29. The number of aryl methyl sites for hydroxylation is 2. The summed E-state index contributed by atoms with van der Waals surface area (Å²) >= 11 is 7.08. The summed E-state index contributed by atoms with van der Waals surface area (Å²) in [5.41, 5.74) is 13.2. The van der Waals surface area contributed by atoms with E-state index in [0.29, 0.717) is 0 Å². The molecule has 10 heteroatoms. The van der Waals surface area contributed by atoms with Crippen LogP contribution in [0.1, 0.15) is 81.2 Å². The first-order valence-corrected chi connectivity index (χ1v) is 32.3. The number of thiophene rings is 4. The van der Waals surface area contributed by atoms with Crippen LogP contribution < -0.4 is 14.7 Å². The van der Waals surface area contributed by atoms with Crippen LogP contribution in [0.3, 0.4) is 0 Å². The number of benzene rings is 7. The minimum Gasteiger partial charge on any atom is -0.477 e. The molecule has 6 nitrogen and oxygen atoms in total. The van der Waals surface area contributed by atoms with Crippen molar-refractivity contribution in [3.63, 3.8) is 0 Å². The highest BCUT2D eigenvalue weighted by Gasteiger charge is 2.21. The predicted molar refractivity (Wildman–Crippen MR) is 361 cm³/mol. The van der Waals surface area contributed by atoms with E-state index < -0.39 is 5.97 Å². The molecule has 0 radical (unpaired) electrons. The summed E-state index contributed by atoms with van der Waals surface area (Å²) in [6.07, 6.45) is 12.7. The van der Waals surface area contributed by atoms with E-state index in [1.165, 1.54) is 61.2 Å². The lowest BCUT2D eigenvalue weighted by molar-refractivity contribution is -0.132. The van der Waals surface area contributed by atoms with Gasteiger partial charge in [0.2, 0.25) is 0 Å². The van der Waals surface area contributed by atoms with Gasteiger partial charge in [0.1, 0.15) is 11.6 Å². The Labute approximate surface area is 510 Å². The molecule has 0 unspecified atom stereocenters. The van der Waals surface area contributed by atoms with Crippen LogP contribution in [0, 0.1) is 11.3 Å². The van der Waals surface area contributed by atoms with Crippen molar-refractivity contribution in [2.24, 2.45) is 0 Å². The average molecular weight is 1170 g/mol. The Bertz CT molecular complexity index is 3770. The van der Waals surface area contributed by atoms with Crippen LogP contribution in [-0.2, 0) is 17.6 Å². The van der Waals surface area contributed by atoms with Gasteiger partial charge >= 0.3 is 5.97 Å². The third-order valence-electron chi connectivity index (χ3n) is 15.0. The Morgan fingerprint density at radius 3 is 1.11 bits per heavy atom. The van der Waals surface area contributed by atoms with Crippen molar-refractivity contribution in [3.05, 3.63) is 252 Å². The van der Waals surface area contributed by atoms with Crippen LogP contribution in [0.4, 0.5) is 51.2 Å². The summed E-state index contributed by atoms with van der Waals surface area (Å²) in [5, 5.41) is 19.3. The number of para-hydroxylation sites is 4. The molecule has 1 N–H and O–H groups in total. The maximum atomic E-state index is 11.9. The van der Waals surface area contributed by atoms with E-state index in [9.17, 15) is 15.2 Å². The second-order valence-corrected chi connectivity index (χ2v) is 25.1. The fourth-order valence-corrected chi connectivity index (χ4v) is 15.4. The monoisotopic (exact) mass is 1170 g/mol. The van der Waals surface area contributed by atoms with Crippen LogP contribution in [0.15, 0.2) is 236 Å². The number of nitrogens with zero attached hydrogens (tertiary/aromatic N) is 4. The van der Waals surface area contributed by atoms with E-state index in [1.54, 1.807) is 28.7 Å². The lowest BCUT2D eigenvalue weighted by Crippen LogP contribution is -2.13. The van der Waals surface area contributed by atoms with Crippen molar-refractivity contribution in [1.29, 1.82) is 5.26 Å². The number of carboxylic acid groups (broad SMARTS) is 1. The van der Waals surface area contributed by atoms with Crippen molar-refractivity contribution in [2.75, 3.05) is 14.7 Å². The quantitative estimate of drug-likeness (QED) is 0.0349. The van der Waals surface area contributed by atoms with Gasteiger partial charge in [0.05, 0.1) is 0 Å². The Morgan fingerprint density at radius 1 is 0.405 bits per heavy atom. The van der Waals surface area contributed by atoms with Crippen molar-refractivity contribution in [3.8, 4) is 45.8 Å². The Morgan fingerprint density at radius 2 is 0.738 bits per heavy atom. The van der Waals surface area contributed by atoms with Crippen molar-refractivity contribution in [2.45, 2.75) is 78.1 Å². The van der Waals surface area contributed by atoms with Gasteiger partial charge in [-0.25, -0.2) is 4.79 Å². The van der Waals surface area contributed by atoms with Gasteiger partial charge in [0.25, 0.3) is 0 Å². The highest BCUT2D eigenvalue weighted by molar-refractivity contribution is 7.29. The van der Waals surface area contributed by atoms with E-state index in [2.05, 4.69) is 259 Å². The molecule has 0 saturated carbocycles. The van der Waals surface area contributed by atoms with Gasteiger partial charge < -0.3 is 19.8 Å². The molecule has 0 aliphatic carbocycles. The van der Waals surface area contributed by atoms with Gasteiger partial charge in [-0.3, -0.25) is 0 Å². The molecule has 11 aromatic rings. The van der Waals surface area contributed by atoms with Gasteiger partial charge in [-0.05, 0) is 194 Å². The van der Waals surface area contributed by atoms with Gasteiger partial charge in [-0.15, -0.1) is 45.3 Å². The normalized spacial score (nSPS) is 11.4. The second-order valence-electron chi connectivity index (χ2n) is 20.8. The Kier molecular flexibility index (Phi) is 18.9. The molecular formula is C74H66N4O2S4. The number of unbranched alkanes of at least 4 members (excludes halogenated alkanes) is 6. The molecule has 0 amide bonds. The molecule has 0 atom stereocenters. The summed E-state index contributed by atoms with van der Waals surface area (Å²) in [4.78, 5) is 28.2. The molecule has 0 bridgehead atoms. The molecule has 0 spiro atoms. The van der Waals surface area contributed by atoms with Gasteiger partial charge in [-0.2, -0.15) is 5.26 Å². The largest absolute Gasteiger partial charge is 0.477 e. The van der Waals surface area contributed by atoms with E-state index in [4.69, 9.17) is 0 Å². The van der Waals surface area contributed by atoms with Crippen LogP contribution in [0.5, 0.6) is 0 Å². The fraction of sp³-hybridized carbons (Fsp3) is 0.162. The SMILES string of the molecule is CCCCCCc1cc(-c2ccc(-c3ccc(-c4cc(CCCCCC)c(-c5ccc(N(c6ccc(N(c7ccccc7)c7ccccc7)cc6)c6ccc(N(c7ccccc7)c7ccccc7)cc6)cc5)s4)s3)s2)sc1/C=C(\C#N)C(=O)O. The highest BCUT2D eigenvalue weighted by Crippen LogP contribution is 2.48. The topological polar surface area (TPSA) is 70.8 Å². The molecule has 4 heterocycles. The van der Waals surface area contributed by atoms with E-state index >= 15 is 0 Å². The number of aliphatic carboxylic acids is 1. The zero-order valence-electron chi connectivity index (χ0n) is 47.4. The summed E-state index contributed by atoms with van der Waals surface area (Å²) in [6.45, 7) is 4.48. The zero-order chi connectivity index (χ0) is 57.6. The van der Waals surface area contributed by atoms with E-state index in [-0.39, 0.29) is 5.57 Å². The smallest absolute Gasteiger partial charge is 0.346 e. The van der Waals surface area contributed by atoms with Crippen molar-refractivity contribution < 1.29 is 9.90 Å². The van der Waals surface area contributed by atoms with Gasteiger partial charge in [0, 0.05) is 90.2 Å². The minimum atomic E-state index is -1.19. The summed E-state index contributed by atoms with van der Waals surface area (Å²) in [6, 6.07) is 84.8. The maximum Gasteiger partial charge on any atom is 0.346 e. The number of anilines is 9.